The Bertz CT molecular complexity index is 1260. The SMILES string of the molecule is COC(=O)c1ccc2nc(-c3ccc(F)cc3)c(N3CCN(C(=O)OC(C)(C)C)CC3C)nc2c1. The molecule has 0 aliphatic carbocycles. The molecule has 1 aliphatic rings. The van der Waals surface area contributed by atoms with Crippen molar-refractivity contribution in [3.63, 3.8) is 0 Å². The van der Waals surface area contributed by atoms with Crippen LogP contribution in [0.5, 0.6) is 0 Å². The van der Waals surface area contributed by atoms with Crippen molar-refractivity contribution in [1.29, 1.82) is 0 Å². The summed E-state index contributed by atoms with van der Waals surface area (Å²) in [6.45, 7) is 8.92. The van der Waals surface area contributed by atoms with Gasteiger partial charge in [-0.3, -0.25) is 0 Å². The minimum atomic E-state index is -0.575. The predicted octanol–water partition coefficient (Wildman–Crippen LogP) is 4.67. The van der Waals surface area contributed by atoms with Crippen molar-refractivity contribution in [2.75, 3.05) is 31.6 Å². The highest BCUT2D eigenvalue weighted by Crippen LogP contribution is 2.32. The van der Waals surface area contributed by atoms with Crippen LogP contribution >= 0.6 is 0 Å². The number of fused-ring (bicyclic) bond motifs is 1. The third-order valence-electron chi connectivity index (χ3n) is 5.74. The number of benzene rings is 2. The lowest BCUT2D eigenvalue weighted by Gasteiger charge is -2.41. The van der Waals surface area contributed by atoms with E-state index in [0.29, 0.717) is 47.7 Å². The van der Waals surface area contributed by atoms with Crippen LogP contribution in [-0.4, -0.2) is 65.3 Å². The molecule has 1 fully saturated rings. The summed E-state index contributed by atoms with van der Waals surface area (Å²) in [5.74, 6) is -0.203. The summed E-state index contributed by atoms with van der Waals surface area (Å²) in [6.07, 6.45) is -0.352. The number of ether oxygens (including phenoxy) is 2. The summed E-state index contributed by atoms with van der Waals surface area (Å²) in [7, 11) is 1.33. The Balaban J connectivity index is 1.74. The molecule has 3 aromatic rings. The van der Waals surface area contributed by atoms with Crippen molar-refractivity contribution in [3.05, 3.63) is 53.8 Å². The maximum atomic E-state index is 13.6. The van der Waals surface area contributed by atoms with Crippen LogP contribution in [0.2, 0.25) is 0 Å². The molecule has 1 atom stereocenters. The van der Waals surface area contributed by atoms with E-state index < -0.39 is 11.6 Å². The zero-order chi connectivity index (χ0) is 25.3. The first kappa shape index (κ1) is 24.4. The number of rotatable bonds is 3. The Morgan fingerprint density at radius 3 is 2.37 bits per heavy atom. The Morgan fingerprint density at radius 1 is 1.03 bits per heavy atom. The van der Waals surface area contributed by atoms with Gasteiger partial charge in [0.1, 0.15) is 17.1 Å². The van der Waals surface area contributed by atoms with Crippen LogP contribution in [0, 0.1) is 5.82 Å². The van der Waals surface area contributed by atoms with Crippen LogP contribution in [0.15, 0.2) is 42.5 Å². The molecule has 2 heterocycles. The average Bonchev–Trinajstić information content (AvgIpc) is 2.82. The van der Waals surface area contributed by atoms with Gasteiger partial charge in [0.25, 0.3) is 0 Å². The zero-order valence-electron chi connectivity index (χ0n) is 20.5. The number of amides is 1. The van der Waals surface area contributed by atoms with Gasteiger partial charge < -0.3 is 19.3 Å². The fourth-order valence-electron chi connectivity index (χ4n) is 4.06. The average molecular weight is 481 g/mol. The fraction of sp³-hybridized carbons (Fsp3) is 0.385. The highest BCUT2D eigenvalue weighted by Gasteiger charge is 2.32. The molecule has 4 rings (SSSR count). The van der Waals surface area contributed by atoms with Crippen molar-refractivity contribution in [3.8, 4) is 11.3 Å². The quantitative estimate of drug-likeness (QED) is 0.504. The summed E-state index contributed by atoms with van der Waals surface area (Å²) >= 11 is 0. The highest BCUT2D eigenvalue weighted by atomic mass is 19.1. The molecule has 184 valence electrons. The molecule has 1 unspecified atom stereocenters. The van der Waals surface area contributed by atoms with Gasteiger partial charge in [-0.2, -0.15) is 0 Å². The second kappa shape index (κ2) is 9.48. The molecule has 9 heteroatoms. The first-order valence-corrected chi connectivity index (χ1v) is 11.5. The number of halogens is 1. The van der Waals surface area contributed by atoms with Gasteiger partial charge >= 0.3 is 12.1 Å². The third kappa shape index (κ3) is 5.34. The molecule has 1 saturated heterocycles. The number of aromatic nitrogens is 2. The Morgan fingerprint density at radius 2 is 1.74 bits per heavy atom. The van der Waals surface area contributed by atoms with E-state index >= 15 is 0 Å². The Kier molecular flexibility index (Phi) is 6.60. The van der Waals surface area contributed by atoms with E-state index in [1.807, 2.05) is 27.7 Å². The van der Waals surface area contributed by atoms with E-state index in [0.717, 1.165) is 5.56 Å². The maximum absolute atomic E-state index is 13.6. The topological polar surface area (TPSA) is 84.9 Å². The van der Waals surface area contributed by atoms with Crippen LogP contribution < -0.4 is 4.90 Å². The number of piperazine rings is 1. The van der Waals surface area contributed by atoms with Crippen LogP contribution in [0.3, 0.4) is 0 Å². The van der Waals surface area contributed by atoms with Crippen LogP contribution in [0.1, 0.15) is 38.1 Å². The van der Waals surface area contributed by atoms with E-state index in [-0.39, 0.29) is 18.0 Å². The Hall–Kier alpha value is -3.75. The summed E-state index contributed by atoms with van der Waals surface area (Å²) in [6, 6.07) is 11.0. The molecule has 1 aliphatic heterocycles. The van der Waals surface area contributed by atoms with E-state index in [1.54, 1.807) is 35.2 Å². The number of nitrogens with zero attached hydrogens (tertiary/aromatic N) is 4. The molecule has 0 radical (unpaired) electrons. The minimum absolute atomic E-state index is 0.0917. The first-order valence-electron chi connectivity index (χ1n) is 11.5. The summed E-state index contributed by atoms with van der Waals surface area (Å²) in [5, 5.41) is 0. The van der Waals surface area contributed by atoms with E-state index in [9.17, 15) is 14.0 Å². The van der Waals surface area contributed by atoms with Gasteiger partial charge in [-0.1, -0.05) is 0 Å². The number of methoxy groups -OCH3 is 1. The van der Waals surface area contributed by atoms with Gasteiger partial charge in [0.2, 0.25) is 0 Å². The van der Waals surface area contributed by atoms with Gasteiger partial charge in [0, 0.05) is 31.2 Å². The lowest BCUT2D eigenvalue weighted by molar-refractivity contribution is 0.0218. The second-order valence-corrected chi connectivity index (χ2v) is 9.57. The number of hydrogen-bond donors (Lipinski definition) is 0. The zero-order valence-corrected chi connectivity index (χ0v) is 20.5. The molecule has 2 aromatic carbocycles. The smallest absolute Gasteiger partial charge is 0.410 e. The van der Waals surface area contributed by atoms with Crippen molar-refractivity contribution in [2.45, 2.75) is 39.3 Å². The van der Waals surface area contributed by atoms with E-state index in [4.69, 9.17) is 19.4 Å². The monoisotopic (exact) mass is 480 g/mol. The molecule has 1 amide bonds. The van der Waals surface area contributed by atoms with Gasteiger partial charge in [-0.05, 0) is 70.2 Å². The number of anilines is 1. The second-order valence-electron chi connectivity index (χ2n) is 9.57. The van der Waals surface area contributed by atoms with Crippen LogP contribution in [0.25, 0.3) is 22.3 Å². The van der Waals surface area contributed by atoms with E-state index in [2.05, 4.69) is 4.90 Å². The van der Waals surface area contributed by atoms with E-state index in [1.165, 1.54) is 19.2 Å². The molecular formula is C26H29FN4O4. The molecule has 1 aromatic heterocycles. The summed E-state index contributed by atoms with van der Waals surface area (Å²) in [5.41, 5.74) is 2.25. The van der Waals surface area contributed by atoms with Crippen LogP contribution in [0.4, 0.5) is 15.0 Å². The molecule has 0 saturated carbocycles. The summed E-state index contributed by atoms with van der Waals surface area (Å²) < 4.78 is 24.0. The minimum Gasteiger partial charge on any atom is -0.465 e. The number of carbonyl (C=O) groups excluding carboxylic acids is 2. The highest BCUT2D eigenvalue weighted by molar-refractivity contribution is 5.94. The Labute approximate surface area is 203 Å². The van der Waals surface area contributed by atoms with Crippen molar-refractivity contribution in [1.82, 2.24) is 14.9 Å². The van der Waals surface area contributed by atoms with Gasteiger partial charge in [-0.25, -0.2) is 23.9 Å². The molecule has 0 spiro atoms. The molecule has 0 N–H and O–H groups in total. The maximum Gasteiger partial charge on any atom is 0.410 e. The number of hydrogen-bond acceptors (Lipinski definition) is 7. The molecular weight excluding hydrogens is 451 g/mol. The fourth-order valence-corrected chi connectivity index (χ4v) is 4.06. The lowest BCUT2D eigenvalue weighted by atomic mass is 10.1. The summed E-state index contributed by atoms with van der Waals surface area (Å²) in [4.78, 5) is 38.1. The van der Waals surface area contributed by atoms with Crippen molar-refractivity contribution >= 4 is 28.9 Å². The van der Waals surface area contributed by atoms with Crippen molar-refractivity contribution in [2.24, 2.45) is 0 Å². The number of esters is 1. The normalized spacial score (nSPS) is 16.3. The predicted molar refractivity (Wildman–Crippen MR) is 131 cm³/mol. The third-order valence-corrected chi connectivity index (χ3v) is 5.74. The van der Waals surface area contributed by atoms with Crippen molar-refractivity contribution < 1.29 is 23.5 Å². The molecule has 0 bridgehead atoms. The molecule has 8 nitrogen and oxygen atoms in total. The largest absolute Gasteiger partial charge is 0.465 e. The standard InChI is InChI=1S/C26H29FN4O4/c1-16-15-30(25(33)35-26(2,3)4)12-13-31(16)23-22(17-6-9-19(27)10-7-17)28-20-11-8-18(24(32)34-5)14-21(20)29-23/h6-11,14,16H,12-13,15H2,1-5H3. The van der Waals surface area contributed by atoms with Gasteiger partial charge in [-0.15, -0.1) is 0 Å². The van der Waals surface area contributed by atoms with Crippen LogP contribution in [-0.2, 0) is 9.47 Å². The lowest BCUT2D eigenvalue weighted by Crippen LogP contribution is -2.55. The molecule has 35 heavy (non-hydrogen) atoms. The first-order chi connectivity index (χ1) is 16.6. The van der Waals surface area contributed by atoms with Gasteiger partial charge in [0.15, 0.2) is 5.82 Å². The van der Waals surface area contributed by atoms with Gasteiger partial charge in [0.05, 0.1) is 23.7 Å². The number of carbonyl (C=O) groups is 2.